The second-order valence-corrected chi connectivity index (χ2v) is 6.17. The number of aromatic nitrogens is 4. The van der Waals surface area contributed by atoms with Crippen LogP contribution in [-0.2, 0) is 0 Å². The zero-order valence-corrected chi connectivity index (χ0v) is 12.6. The van der Waals surface area contributed by atoms with Crippen LogP contribution in [0.4, 0.5) is 0 Å². The summed E-state index contributed by atoms with van der Waals surface area (Å²) in [5.74, 6) is 0. The van der Waals surface area contributed by atoms with Crippen molar-refractivity contribution in [3.8, 4) is 10.6 Å². The predicted octanol–water partition coefficient (Wildman–Crippen LogP) is 3.99. The molecule has 19 heavy (non-hydrogen) atoms. The SMILES string of the molecule is CCC(Br)c1nnc(-c2cccc3nccnc23)s1. The van der Waals surface area contributed by atoms with Crippen LogP contribution in [0.5, 0.6) is 0 Å². The van der Waals surface area contributed by atoms with Crippen molar-refractivity contribution in [3.63, 3.8) is 0 Å². The molecule has 0 saturated carbocycles. The van der Waals surface area contributed by atoms with Crippen LogP contribution in [0, 0.1) is 0 Å². The van der Waals surface area contributed by atoms with E-state index in [9.17, 15) is 0 Å². The van der Waals surface area contributed by atoms with Crippen LogP contribution in [0.15, 0.2) is 30.6 Å². The maximum absolute atomic E-state index is 4.40. The van der Waals surface area contributed by atoms with Crippen molar-refractivity contribution in [2.45, 2.75) is 18.2 Å². The van der Waals surface area contributed by atoms with Gasteiger partial charge in [0.2, 0.25) is 0 Å². The third-order valence-corrected chi connectivity index (χ3v) is 5.25. The van der Waals surface area contributed by atoms with Gasteiger partial charge in [0, 0.05) is 18.0 Å². The Labute approximate surface area is 123 Å². The topological polar surface area (TPSA) is 51.6 Å². The van der Waals surface area contributed by atoms with Crippen molar-refractivity contribution in [2.24, 2.45) is 0 Å². The predicted molar refractivity (Wildman–Crippen MR) is 80.4 cm³/mol. The van der Waals surface area contributed by atoms with Crippen LogP contribution in [0.3, 0.4) is 0 Å². The van der Waals surface area contributed by atoms with E-state index in [4.69, 9.17) is 0 Å². The van der Waals surface area contributed by atoms with Gasteiger partial charge in [-0.2, -0.15) is 0 Å². The Hall–Kier alpha value is -1.40. The van der Waals surface area contributed by atoms with Gasteiger partial charge in [-0.05, 0) is 18.6 Å². The molecule has 1 unspecified atom stereocenters. The van der Waals surface area contributed by atoms with Crippen molar-refractivity contribution >= 4 is 38.3 Å². The summed E-state index contributed by atoms with van der Waals surface area (Å²) in [6, 6.07) is 5.93. The zero-order chi connectivity index (χ0) is 13.2. The summed E-state index contributed by atoms with van der Waals surface area (Å²) in [6.45, 7) is 2.11. The molecule has 0 aliphatic heterocycles. The number of rotatable bonds is 3. The number of halogens is 1. The Morgan fingerprint density at radius 1 is 1.21 bits per heavy atom. The normalized spacial score (nSPS) is 12.7. The van der Waals surface area contributed by atoms with Gasteiger partial charge in [0.05, 0.1) is 15.9 Å². The molecule has 2 aromatic heterocycles. The van der Waals surface area contributed by atoms with Gasteiger partial charge in [0.25, 0.3) is 0 Å². The molecule has 0 aliphatic rings. The summed E-state index contributed by atoms with van der Waals surface area (Å²) in [5.41, 5.74) is 2.74. The van der Waals surface area contributed by atoms with Crippen molar-refractivity contribution in [2.75, 3.05) is 0 Å². The van der Waals surface area contributed by atoms with E-state index in [-0.39, 0.29) is 4.83 Å². The minimum Gasteiger partial charge on any atom is -0.253 e. The van der Waals surface area contributed by atoms with Crippen LogP contribution >= 0.6 is 27.3 Å². The molecular formula is C13H11BrN4S. The van der Waals surface area contributed by atoms with Crippen molar-refractivity contribution < 1.29 is 0 Å². The van der Waals surface area contributed by atoms with E-state index < -0.39 is 0 Å². The summed E-state index contributed by atoms with van der Waals surface area (Å²) in [5, 5.41) is 10.4. The van der Waals surface area contributed by atoms with E-state index in [2.05, 4.69) is 43.0 Å². The Bertz CT molecular complexity index is 707. The fourth-order valence-electron chi connectivity index (χ4n) is 1.81. The number of fused-ring (bicyclic) bond motifs is 1. The molecule has 3 rings (SSSR count). The summed E-state index contributed by atoms with van der Waals surface area (Å²) < 4.78 is 0. The molecule has 3 aromatic rings. The van der Waals surface area contributed by atoms with Crippen LogP contribution < -0.4 is 0 Å². The fourth-order valence-corrected chi connectivity index (χ4v) is 3.11. The second kappa shape index (κ2) is 5.30. The molecule has 1 atom stereocenters. The van der Waals surface area contributed by atoms with Gasteiger partial charge in [0.15, 0.2) is 0 Å². The van der Waals surface area contributed by atoms with E-state index in [1.807, 2.05) is 18.2 Å². The van der Waals surface area contributed by atoms with Gasteiger partial charge >= 0.3 is 0 Å². The Kier molecular flexibility index (Phi) is 3.52. The van der Waals surface area contributed by atoms with Gasteiger partial charge < -0.3 is 0 Å². The lowest BCUT2D eigenvalue weighted by Crippen LogP contribution is -1.86. The van der Waals surface area contributed by atoms with E-state index in [0.717, 1.165) is 33.0 Å². The molecule has 0 amide bonds. The Morgan fingerprint density at radius 3 is 2.89 bits per heavy atom. The fraction of sp³-hybridized carbons (Fsp3) is 0.231. The molecule has 0 fully saturated rings. The smallest absolute Gasteiger partial charge is 0.150 e. The first-order valence-electron chi connectivity index (χ1n) is 5.97. The second-order valence-electron chi connectivity index (χ2n) is 4.05. The highest BCUT2D eigenvalue weighted by molar-refractivity contribution is 9.09. The molecule has 6 heteroatoms. The van der Waals surface area contributed by atoms with E-state index >= 15 is 0 Å². The molecular weight excluding hydrogens is 324 g/mol. The minimum atomic E-state index is 0.264. The molecule has 0 radical (unpaired) electrons. The molecule has 0 saturated heterocycles. The number of para-hydroxylation sites is 1. The Morgan fingerprint density at radius 2 is 2.05 bits per heavy atom. The van der Waals surface area contributed by atoms with Gasteiger partial charge in [-0.1, -0.05) is 40.3 Å². The van der Waals surface area contributed by atoms with Crippen LogP contribution in [0.2, 0.25) is 0 Å². The number of hydrogen-bond acceptors (Lipinski definition) is 5. The van der Waals surface area contributed by atoms with Crippen LogP contribution in [0.1, 0.15) is 23.2 Å². The highest BCUT2D eigenvalue weighted by Crippen LogP contribution is 2.34. The number of nitrogens with zero attached hydrogens (tertiary/aromatic N) is 4. The monoisotopic (exact) mass is 334 g/mol. The maximum atomic E-state index is 4.40. The standard InChI is InChI=1S/C13H11BrN4S/c1-2-9(14)13-18-17-12(19-13)8-4-3-5-10-11(8)16-7-6-15-10/h3-7,9H,2H2,1H3. The number of hydrogen-bond donors (Lipinski definition) is 0. The average molecular weight is 335 g/mol. The molecule has 1 aromatic carbocycles. The molecule has 0 spiro atoms. The first-order valence-corrected chi connectivity index (χ1v) is 7.70. The van der Waals surface area contributed by atoms with Crippen molar-refractivity contribution in [1.82, 2.24) is 20.2 Å². The van der Waals surface area contributed by atoms with E-state index in [1.165, 1.54) is 0 Å². The van der Waals surface area contributed by atoms with Gasteiger partial charge in [-0.3, -0.25) is 9.97 Å². The quantitative estimate of drug-likeness (QED) is 0.679. The average Bonchev–Trinajstić information content (AvgIpc) is 2.95. The summed E-state index contributed by atoms with van der Waals surface area (Å²) in [7, 11) is 0. The zero-order valence-electron chi connectivity index (χ0n) is 10.2. The number of benzene rings is 1. The van der Waals surface area contributed by atoms with Gasteiger partial charge in [-0.25, -0.2) is 0 Å². The van der Waals surface area contributed by atoms with E-state index in [1.54, 1.807) is 23.7 Å². The van der Waals surface area contributed by atoms with E-state index in [0.29, 0.717) is 0 Å². The lowest BCUT2D eigenvalue weighted by atomic mass is 10.2. The Balaban J connectivity index is 2.12. The van der Waals surface area contributed by atoms with Gasteiger partial charge in [-0.15, -0.1) is 10.2 Å². The largest absolute Gasteiger partial charge is 0.253 e. The molecule has 0 aliphatic carbocycles. The molecule has 4 nitrogen and oxygen atoms in total. The van der Waals surface area contributed by atoms with Crippen molar-refractivity contribution in [3.05, 3.63) is 35.6 Å². The highest BCUT2D eigenvalue weighted by Gasteiger charge is 2.14. The van der Waals surface area contributed by atoms with Gasteiger partial charge in [0.1, 0.15) is 10.0 Å². The maximum Gasteiger partial charge on any atom is 0.150 e. The summed E-state index contributed by atoms with van der Waals surface area (Å²) in [6.07, 6.45) is 4.39. The molecule has 2 heterocycles. The molecule has 0 bridgehead atoms. The summed E-state index contributed by atoms with van der Waals surface area (Å²) >= 11 is 5.20. The first-order chi connectivity index (χ1) is 9.29. The van der Waals surface area contributed by atoms with Crippen molar-refractivity contribution in [1.29, 1.82) is 0 Å². The third-order valence-electron chi connectivity index (χ3n) is 2.80. The molecule has 0 N–H and O–H groups in total. The number of alkyl halides is 1. The van der Waals surface area contributed by atoms with Crippen LogP contribution in [0.25, 0.3) is 21.6 Å². The third kappa shape index (κ3) is 2.37. The highest BCUT2D eigenvalue weighted by atomic mass is 79.9. The lowest BCUT2D eigenvalue weighted by Gasteiger charge is -2.01. The molecule has 96 valence electrons. The summed E-state index contributed by atoms with van der Waals surface area (Å²) in [4.78, 5) is 8.97. The first kappa shape index (κ1) is 12.6. The van der Waals surface area contributed by atoms with Crippen LogP contribution in [-0.4, -0.2) is 20.2 Å². The lowest BCUT2D eigenvalue weighted by molar-refractivity contribution is 0.870. The minimum absolute atomic E-state index is 0.264.